The van der Waals surface area contributed by atoms with Crippen molar-refractivity contribution in [1.82, 2.24) is 20.9 Å². The van der Waals surface area contributed by atoms with Crippen LogP contribution in [0.5, 0.6) is 0 Å². The number of Topliss-reactive ketones (excluding diaryl/α,β-unsaturated/α-hetero) is 1. The summed E-state index contributed by atoms with van der Waals surface area (Å²) in [5, 5.41) is 73.6. The summed E-state index contributed by atoms with van der Waals surface area (Å²) >= 11 is 2.47. The maximum Gasteiger partial charge on any atom is 0.322 e. The van der Waals surface area contributed by atoms with Crippen LogP contribution in [-0.2, 0) is 28.8 Å². The van der Waals surface area contributed by atoms with Crippen LogP contribution in [0.25, 0.3) is 6.08 Å². The molecule has 1 saturated heterocycles. The summed E-state index contributed by atoms with van der Waals surface area (Å²) in [5.41, 5.74) is 1.87. The number of nitrogens with zero attached hydrogens (tertiary/aromatic N) is 1. The smallest absolute Gasteiger partial charge is 0.322 e. The number of carbonyl (C=O) groups excluding carboxylic acids is 4. The van der Waals surface area contributed by atoms with Gasteiger partial charge in [0.1, 0.15) is 24.4 Å². The number of aryl methyl sites for hydroxylation is 1. The Balaban J connectivity index is 2.61. The molecule has 0 aliphatic carbocycles. The molecule has 9 atom stereocenters. The molecule has 316 valence electrons. The Kier molecular flexibility index (Phi) is 18.1. The van der Waals surface area contributed by atoms with Crippen molar-refractivity contribution in [2.45, 2.75) is 140 Å². The lowest BCUT2D eigenvalue weighted by atomic mass is 9.71. The fourth-order valence-corrected chi connectivity index (χ4v) is 8.48. The van der Waals surface area contributed by atoms with E-state index in [0.717, 1.165) is 16.8 Å². The third-order valence-corrected chi connectivity index (χ3v) is 12.7. The first-order chi connectivity index (χ1) is 25.8. The number of nitrogens with two attached hydrogens (primary N) is 1. The van der Waals surface area contributed by atoms with Gasteiger partial charge in [0.2, 0.25) is 17.7 Å². The normalized spacial score (nSPS) is 29.4. The highest BCUT2D eigenvalue weighted by atomic mass is 32.2. The number of hydrogen-bond donors (Lipinski definition) is 10. The van der Waals surface area contributed by atoms with Crippen LogP contribution < -0.4 is 21.7 Å². The van der Waals surface area contributed by atoms with Gasteiger partial charge >= 0.3 is 11.9 Å². The van der Waals surface area contributed by atoms with Gasteiger partial charge in [-0.15, -0.1) is 11.3 Å². The van der Waals surface area contributed by atoms with Crippen molar-refractivity contribution < 1.29 is 59.4 Å². The van der Waals surface area contributed by atoms with E-state index in [1.165, 1.54) is 46.0 Å². The van der Waals surface area contributed by atoms with E-state index in [2.05, 4.69) is 20.9 Å². The number of hydrogen-bond acceptors (Lipinski definition) is 14. The summed E-state index contributed by atoms with van der Waals surface area (Å²) in [4.78, 5) is 80.2. The number of nitrogens with one attached hydrogen (secondary N) is 3. The zero-order valence-electron chi connectivity index (χ0n) is 33.0. The van der Waals surface area contributed by atoms with Crippen LogP contribution in [-0.4, -0.2) is 130 Å². The molecule has 17 nitrogen and oxygen atoms in total. The van der Waals surface area contributed by atoms with Crippen LogP contribution in [0.1, 0.15) is 97.2 Å². The van der Waals surface area contributed by atoms with Crippen LogP contribution in [0, 0.1) is 18.3 Å². The Labute approximate surface area is 335 Å². The monoisotopic (exact) mass is 829 g/mol. The molecular formula is C37H59N5O12S2. The van der Waals surface area contributed by atoms with Crippen LogP contribution in [0.4, 0.5) is 0 Å². The minimum absolute atomic E-state index is 0.0220. The van der Waals surface area contributed by atoms with Gasteiger partial charge < -0.3 is 52.3 Å². The number of aliphatic hydroxyl groups excluding tert-OH is 2. The summed E-state index contributed by atoms with van der Waals surface area (Å²) < 4.78 is 0. The Hall–Kier alpha value is -3.46. The van der Waals surface area contributed by atoms with Crippen LogP contribution in [0.2, 0.25) is 0 Å². The average molecular weight is 830 g/mol. The molecule has 56 heavy (non-hydrogen) atoms. The molecule has 1 aliphatic rings. The maximum absolute atomic E-state index is 13.6. The maximum atomic E-state index is 13.6. The predicted molar refractivity (Wildman–Crippen MR) is 210 cm³/mol. The van der Waals surface area contributed by atoms with Gasteiger partial charge in [-0.2, -0.15) is 11.8 Å². The summed E-state index contributed by atoms with van der Waals surface area (Å²) in [6.07, 6.45) is -2.21. The first kappa shape index (κ1) is 48.7. The number of carbonyl (C=O) groups is 6. The van der Waals surface area contributed by atoms with E-state index in [1.807, 2.05) is 12.3 Å². The fourth-order valence-electron chi connectivity index (χ4n) is 6.44. The van der Waals surface area contributed by atoms with Gasteiger partial charge in [0, 0.05) is 28.7 Å². The number of thioether (sulfide) groups is 1. The van der Waals surface area contributed by atoms with Gasteiger partial charge in [-0.1, -0.05) is 20.8 Å². The van der Waals surface area contributed by atoms with Crippen molar-refractivity contribution in [1.29, 1.82) is 0 Å². The molecule has 1 fully saturated rings. The molecule has 0 spiro atoms. The molecule has 1 aromatic rings. The van der Waals surface area contributed by atoms with E-state index in [9.17, 15) is 49.2 Å². The Morgan fingerprint density at radius 3 is 2.30 bits per heavy atom. The molecule has 11 N–H and O–H groups in total. The standard InChI is InChI=1S/C37H59N5O12S2/c1-19(13-22-17-55-21(3)40-22)24-14-27(56-18-25(33(50)39-16-30(46)47)42-28(44)10-9-23(38)34(51)52)36(6,53)11-8-12-37(7,54)32(49)20(2)31(48)35(4,5)26(43)15-29(45)41-24/h13,17,20,23-27,32,43,49,53-54H,8-12,14-16,18,38H2,1-7H3,(H,39,50)(H,41,45)(H,42,44)(H,46,47)(H,51,52)/b19-13-/t20?,23?,24?,25?,26?,27?,32?,36-,37?/m1/s1. The number of aliphatic carboxylic acids is 2. The number of rotatable bonds is 13. The van der Waals surface area contributed by atoms with Gasteiger partial charge in [0.05, 0.1) is 52.0 Å². The highest BCUT2D eigenvalue weighted by molar-refractivity contribution is 8.00. The third kappa shape index (κ3) is 14.5. The Morgan fingerprint density at radius 2 is 1.73 bits per heavy atom. The number of carboxylic acids is 2. The number of aromatic nitrogens is 1. The number of aliphatic hydroxyl groups is 4. The molecule has 0 bridgehead atoms. The van der Waals surface area contributed by atoms with E-state index < -0.39 is 107 Å². The quantitative estimate of drug-likeness (QED) is 0.131. The summed E-state index contributed by atoms with van der Waals surface area (Å²) in [5.74, 6) is -6.75. The molecule has 2 heterocycles. The van der Waals surface area contributed by atoms with Crippen LogP contribution in [0.3, 0.4) is 0 Å². The average Bonchev–Trinajstić information content (AvgIpc) is 3.51. The molecule has 1 aromatic heterocycles. The number of amides is 3. The zero-order valence-corrected chi connectivity index (χ0v) is 34.7. The van der Waals surface area contributed by atoms with Gasteiger partial charge in [-0.3, -0.25) is 28.8 Å². The van der Waals surface area contributed by atoms with Crippen molar-refractivity contribution in [2.24, 2.45) is 17.1 Å². The highest BCUT2D eigenvalue weighted by Gasteiger charge is 2.46. The van der Waals surface area contributed by atoms with E-state index >= 15 is 0 Å². The van der Waals surface area contributed by atoms with E-state index in [1.54, 1.807) is 13.0 Å². The topological polar surface area (TPSA) is 299 Å². The zero-order chi connectivity index (χ0) is 42.8. The predicted octanol–water partition coefficient (Wildman–Crippen LogP) is 0.738. The van der Waals surface area contributed by atoms with Crippen molar-refractivity contribution in [3.63, 3.8) is 0 Å². The summed E-state index contributed by atoms with van der Waals surface area (Å²) in [6.45, 7) is 10.1. The molecule has 0 aromatic carbocycles. The minimum atomic E-state index is -1.79. The summed E-state index contributed by atoms with van der Waals surface area (Å²) in [7, 11) is 0. The largest absolute Gasteiger partial charge is 0.480 e. The van der Waals surface area contributed by atoms with Crippen LogP contribution in [0.15, 0.2) is 11.0 Å². The summed E-state index contributed by atoms with van der Waals surface area (Å²) in [6, 6.07) is -3.49. The van der Waals surface area contributed by atoms with Crippen molar-refractivity contribution in [3.05, 3.63) is 21.7 Å². The minimum Gasteiger partial charge on any atom is -0.480 e. The molecule has 0 saturated carbocycles. The highest BCUT2D eigenvalue weighted by Crippen LogP contribution is 2.37. The Morgan fingerprint density at radius 1 is 1.11 bits per heavy atom. The number of thiazole rings is 1. The lowest BCUT2D eigenvalue weighted by molar-refractivity contribution is -0.151. The van der Waals surface area contributed by atoms with Crippen molar-refractivity contribution >= 4 is 64.6 Å². The van der Waals surface area contributed by atoms with Crippen molar-refractivity contribution in [2.75, 3.05) is 12.3 Å². The van der Waals surface area contributed by atoms with Gasteiger partial charge in [-0.05, 0) is 71.4 Å². The molecule has 1 aliphatic heterocycles. The third-order valence-electron chi connectivity index (χ3n) is 10.3. The molecule has 3 amide bonds. The Bertz CT molecular complexity index is 1600. The van der Waals surface area contributed by atoms with Crippen molar-refractivity contribution in [3.8, 4) is 0 Å². The second-order valence-electron chi connectivity index (χ2n) is 15.7. The first-order valence-corrected chi connectivity index (χ1v) is 20.3. The fraction of sp³-hybridized carbons (Fsp3) is 0.703. The van der Waals surface area contributed by atoms with E-state index in [4.69, 9.17) is 15.9 Å². The number of ketones is 1. The lowest BCUT2D eigenvalue weighted by Gasteiger charge is -2.40. The number of carboxylic acid groups (broad SMARTS) is 2. The first-order valence-electron chi connectivity index (χ1n) is 18.4. The molecule has 2 rings (SSSR count). The molecule has 0 radical (unpaired) electrons. The van der Waals surface area contributed by atoms with Gasteiger partial charge in [0.15, 0.2) is 0 Å². The van der Waals surface area contributed by atoms with Gasteiger partial charge in [0.25, 0.3) is 0 Å². The van der Waals surface area contributed by atoms with Crippen LogP contribution >= 0.6 is 23.1 Å². The van der Waals surface area contributed by atoms with E-state index in [0.29, 0.717) is 11.3 Å². The molecule has 8 unspecified atom stereocenters. The molecular weight excluding hydrogens is 771 g/mol. The second-order valence-corrected chi connectivity index (χ2v) is 18.0. The lowest BCUT2D eigenvalue weighted by Crippen LogP contribution is -2.52. The van der Waals surface area contributed by atoms with Gasteiger partial charge in [-0.25, -0.2) is 4.98 Å². The second kappa shape index (κ2) is 20.8. The van der Waals surface area contributed by atoms with E-state index in [-0.39, 0.29) is 44.3 Å². The SMILES string of the molecule is C/C(=C/c1csc(C)n1)C1CC(SCC(NC(=O)CCC(N)C(=O)O)C(=O)NCC(=O)O)[C@](C)(O)CCCC(C)(O)C(O)C(C)C(=O)C(C)(C)C(O)CC(=O)N1. The molecule has 19 heteroatoms.